The van der Waals surface area contributed by atoms with Crippen LogP contribution in [0.2, 0.25) is 0 Å². The zero-order chi connectivity index (χ0) is 21.7. The maximum Gasteiger partial charge on any atom is 0.238 e. The average molecular weight is 412 g/mol. The summed E-state index contributed by atoms with van der Waals surface area (Å²) in [4.78, 5) is 12.1. The summed E-state index contributed by atoms with van der Waals surface area (Å²) in [6.07, 6.45) is 4.84. The number of fused-ring (bicyclic) bond motifs is 1. The Morgan fingerprint density at radius 3 is 2.23 bits per heavy atom. The number of methoxy groups -OCH3 is 4. The molecule has 0 spiro atoms. The van der Waals surface area contributed by atoms with Crippen molar-refractivity contribution in [2.45, 2.75) is 19.3 Å². The number of anilines is 1. The van der Waals surface area contributed by atoms with Crippen LogP contribution in [0.15, 0.2) is 30.3 Å². The van der Waals surface area contributed by atoms with Crippen LogP contribution in [0.4, 0.5) is 5.69 Å². The molecule has 1 amide bonds. The topological polar surface area (TPSA) is 92.0 Å². The molecule has 0 radical (unpaired) electrons. The van der Waals surface area contributed by atoms with Gasteiger partial charge in [0.15, 0.2) is 11.5 Å². The number of hydrogen-bond donors (Lipinski definition) is 2. The summed E-state index contributed by atoms with van der Waals surface area (Å²) in [6.45, 7) is -0.0948. The number of hydrogen-bond acceptors (Lipinski definition) is 6. The zero-order valence-electron chi connectivity index (χ0n) is 17.8. The van der Waals surface area contributed by atoms with Crippen LogP contribution < -0.4 is 30.0 Å². The summed E-state index contributed by atoms with van der Waals surface area (Å²) in [5.41, 5.74) is 10.2. The SMILES string of the molecule is COc1ccc2c(c1NC(=O)CN)CCCC=C2c1cc(OC)c(OC)c(OC)c1. The molecule has 0 atom stereocenters. The normalized spacial score (nSPS) is 12.9. The Balaban J connectivity index is 2.19. The molecule has 0 saturated carbocycles. The lowest BCUT2D eigenvalue weighted by molar-refractivity contribution is -0.114. The Bertz CT molecular complexity index is 943. The van der Waals surface area contributed by atoms with Crippen LogP contribution in [0.25, 0.3) is 5.57 Å². The smallest absolute Gasteiger partial charge is 0.238 e. The number of ether oxygens (including phenoxy) is 4. The van der Waals surface area contributed by atoms with E-state index in [0.717, 1.165) is 41.5 Å². The van der Waals surface area contributed by atoms with Crippen molar-refractivity contribution >= 4 is 17.2 Å². The molecule has 0 aromatic heterocycles. The van der Waals surface area contributed by atoms with Gasteiger partial charge in [0.05, 0.1) is 40.7 Å². The maximum atomic E-state index is 12.1. The Hall–Kier alpha value is -3.19. The fourth-order valence-corrected chi connectivity index (χ4v) is 3.78. The van der Waals surface area contributed by atoms with Crippen LogP contribution in [0, 0.1) is 0 Å². The molecule has 0 saturated heterocycles. The van der Waals surface area contributed by atoms with E-state index in [9.17, 15) is 4.79 Å². The summed E-state index contributed by atoms with van der Waals surface area (Å²) in [6, 6.07) is 7.75. The van der Waals surface area contributed by atoms with Gasteiger partial charge in [-0.15, -0.1) is 0 Å². The predicted molar refractivity (Wildman–Crippen MR) is 117 cm³/mol. The first-order chi connectivity index (χ1) is 14.6. The Morgan fingerprint density at radius 2 is 1.67 bits per heavy atom. The van der Waals surface area contributed by atoms with E-state index >= 15 is 0 Å². The highest BCUT2D eigenvalue weighted by atomic mass is 16.5. The first-order valence-corrected chi connectivity index (χ1v) is 9.78. The van der Waals surface area contributed by atoms with Crippen LogP contribution in [0.1, 0.15) is 29.5 Å². The minimum Gasteiger partial charge on any atom is -0.495 e. The number of carbonyl (C=O) groups is 1. The van der Waals surface area contributed by atoms with Gasteiger partial charge in [0.2, 0.25) is 11.7 Å². The quantitative estimate of drug-likeness (QED) is 0.724. The van der Waals surface area contributed by atoms with Gasteiger partial charge in [0.1, 0.15) is 5.75 Å². The number of rotatable bonds is 7. The summed E-state index contributed by atoms with van der Waals surface area (Å²) < 4.78 is 22.0. The molecule has 2 aromatic carbocycles. The fourth-order valence-electron chi connectivity index (χ4n) is 3.78. The van der Waals surface area contributed by atoms with Gasteiger partial charge in [0, 0.05) is 0 Å². The second-order valence-corrected chi connectivity index (χ2v) is 6.85. The van der Waals surface area contributed by atoms with Crippen molar-refractivity contribution in [1.29, 1.82) is 0 Å². The van der Waals surface area contributed by atoms with Crippen LogP contribution in [-0.2, 0) is 11.2 Å². The van der Waals surface area contributed by atoms with Gasteiger partial charge < -0.3 is 30.0 Å². The molecule has 0 bridgehead atoms. The molecule has 160 valence electrons. The van der Waals surface area contributed by atoms with E-state index in [2.05, 4.69) is 11.4 Å². The minimum absolute atomic E-state index is 0.0948. The van der Waals surface area contributed by atoms with Gasteiger partial charge in [-0.2, -0.15) is 0 Å². The van der Waals surface area contributed by atoms with Crippen LogP contribution in [0.3, 0.4) is 0 Å². The van der Waals surface area contributed by atoms with E-state index in [1.54, 1.807) is 28.4 Å². The molecule has 0 unspecified atom stereocenters. The van der Waals surface area contributed by atoms with Gasteiger partial charge in [-0.05, 0) is 59.7 Å². The third-order valence-electron chi connectivity index (χ3n) is 5.19. The van der Waals surface area contributed by atoms with Gasteiger partial charge in [-0.25, -0.2) is 0 Å². The number of nitrogens with two attached hydrogens (primary N) is 1. The van der Waals surface area contributed by atoms with Crippen molar-refractivity contribution in [2.75, 3.05) is 40.3 Å². The van der Waals surface area contributed by atoms with E-state index < -0.39 is 0 Å². The summed E-state index contributed by atoms with van der Waals surface area (Å²) in [5, 5.41) is 2.92. The predicted octanol–water partition coefficient (Wildman–Crippen LogP) is 3.39. The molecule has 7 nitrogen and oxygen atoms in total. The molecule has 0 fully saturated rings. The molecular weight excluding hydrogens is 384 g/mol. The van der Waals surface area contributed by atoms with E-state index in [0.29, 0.717) is 28.7 Å². The second-order valence-electron chi connectivity index (χ2n) is 6.85. The molecule has 0 heterocycles. The summed E-state index contributed by atoms with van der Waals surface area (Å²) >= 11 is 0. The van der Waals surface area contributed by atoms with Gasteiger partial charge in [-0.1, -0.05) is 12.1 Å². The van der Waals surface area contributed by atoms with Crippen molar-refractivity contribution in [2.24, 2.45) is 5.73 Å². The van der Waals surface area contributed by atoms with Gasteiger partial charge in [0.25, 0.3) is 0 Å². The standard InChI is InChI=1S/C23H28N2O5/c1-27-18-10-9-16-15(7-5-6-8-17(16)22(18)25-21(26)13-24)14-11-19(28-2)23(30-4)20(12-14)29-3/h7,9-12H,5-6,8,13,24H2,1-4H3,(H,25,26). The summed E-state index contributed by atoms with van der Waals surface area (Å²) in [7, 11) is 6.37. The average Bonchev–Trinajstić information content (AvgIpc) is 3.00. The Labute approximate surface area is 176 Å². The van der Waals surface area contributed by atoms with E-state index in [1.807, 2.05) is 24.3 Å². The highest BCUT2D eigenvalue weighted by molar-refractivity contribution is 5.96. The van der Waals surface area contributed by atoms with Crippen molar-refractivity contribution in [3.05, 3.63) is 47.0 Å². The van der Waals surface area contributed by atoms with E-state index in [-0.39, 0.29) is 12.5 Å². The van der Waals surface area contributed by atoms with Crippen molar-refractivity contribution in [3.8, 4) is 23.0 Å². The maximum absolute atomic E-state index is 12.1. The highest BCUT2D eigenvalue weighted by Gasteiger charge is 2.23. The fraction of sp³-hybridized carbons (Fsp3) is 0.348. The minimum atomic E-state index is -0.260. The molecule has 1 aliphatic carbocycles. The van der Waals surface area contributed by atoms with E-state index in [4.69, 9.17) is 24.7 Å². The van der Waals surface area contributed by atoms with Crippen molar-refractivity contribution in [3.63, 3.8) is 0 Å². The lowest BCUT2D eigenvalue weighted by Gasteiger charge is -2.20. The lowest BCUT2D eigenvalue weighted by atomic mass is 9.92. The number of amides is 1. The van der Waals surface area contributed by atoms with Gasteiger partial charge in [-0.3, -0.25) is 4.79 Å². The molecule has 2 aromatic rings. The second kappa shape index (κ2) is 9.54. The monoisotopic (exact) mass is 412 g/mol. The molecule has 3 rings (SSSR count). The first-order valence-electron chi connectivity index (χ1n) is 9.78. The van der Waals surface area contributed by atoms with Gasteiger partial charge >= 0.3 is 0 Å². The van der Waals surface area contributed by atoms with Crippen molar-refractivity contribution < 1.29 is 23.7 Å². The first kappa shape index (κ1) is 21.5. The van der Waals surface area contributed by atoms with Crippen LogP contribution in [0.5, 0.6) is 23.0 Å². The number of carbonyl (C=O) groups excluding carboxylic acids is 1. The molecule has 30 heavy (non-hydrogen) atoms. The Kier molecular flexibility index (Phi) is 6.84. The third kappa shape index (κ3) is 4.07. The van der Waals surface area contributed by atoms with Crippen LogP contribution >= 0.6 is 0 Å². The van der Waals surface area contributed by atoms with Crippen LogP contribution in [-0.4, -0.2) is 40.9 Å². The number of benzene rings is 2. The largest absolute Gasteiger partial charge is 0.495 e. The highest BCUT2D eigenvalue weighted by Crippen LogP contribution is 2.44. The molecule has 1 aliphatic rings. The molecule has 3 N–H and O–H groups in total. The molecule has 7 heteroatoms. The summed E-state index contributed by atoms with van der Waals surface area (Å²) in [5.74, 6) is 2.07. The number of nitrogens with one attached hydrogen (secondary N) is 1. The van der Waals surface area contributed by atoms with E-state index in [1.165, 1.54) is 0 Å². The molecule has 0 aliphatic heterocycles. The molecular formula is C23H28N2O5. The number of allylic oxidation sites excluding steroid dienone is 1. The zero-order valence-corrected chi connectivity index (χ0v) is 17.8. The Morgan fingerprint density at radius 1 is 1.00 bits per heavy atom. The third-order valence-corrected chi connectivity index (χ3v) is 5.19. The van der Waals surface area contributed by atoms with Crippen molar-refractivity contribution in [1.82, 2.24) is 0 Å². The lowest BCUT2D eigenvalue weighted by Crippen LogP contribution is -2.23.